The van der Waals surface area contributed by atoms with Gasteiger partial charge in [-0.25, -0.2) is 13.9 Å². The van der Waals surface area contributed by atoms with Crippen molar-refractivity contribution in [3.8, 4) is 5.75 Å². The summed E-state index contributed by atoms with van der Waals surface area (Å²) in [5.74, 6) is -1.72. The molecule has 0 saturated carbocycles. The maximum absolute atomic E-state index is 14.4. The van der Waals surface area contributed by atoms with Gasteiger partial charge in [-0.05, 0) is 37.6 Å². The number of alkyl halides is 4. The number of halogens is 4. The Morgan fingerprint density at radius 3 is 2.74 bits per heavy atom. The Morgan fingerprint density at radius 1 is 1.31 bits per heavy atom. The van der Waals surface area contributed by atoms with Crippen LogP contribution in [0, 0.1) is 0 Å². The van der Waals surface area contributed by atoms with Crippen LogP contribution in [-0.4, -0.2) is 67.5 Å². The van der Waals surface area contributed by atoms with Crippen molar-refractivity contribution in [2.75, 3.05) is 18.5 Å². The van der Waals surface area contributed by atoms with Crippen LogP contribution in [0.2, 0.25) is 0 Å². The maximum atomic E-state index is 14.4. The van der Waals surface area contributed by atoms with Crippen LogP contribution in [0.25, 0.3) is 5.65 Å². The zero-order valence-electron chi connectivity index (χ0n) is 18.6. The summed E-state index contributed by atoms with van der Waals surface area (Å²) < 4.78 is 59.1. The number of hydrogen-bond donors (Lipinski definition) is 2. The van der Waals surface area contributed by atoms with E-state index in [0.717, 1.165) is 11.0 Å². The van der Waals surface area contributed by atoms with E-state index in [1.54, 1.807) is 12.3 Å². The second-order valence-corrected chi connectivity index (χ2v) is 8.62. The lowest BCUT2D eigenvalue weighted by atomic mass is 10.0. The molecular formula is C22H21F4N5O4. The van der Waals surface area contributed by atoms with Crippen LogP contribution in [-0.2, 0) is 6.54 Å². The Balaban J connectivity index is 1.64. The molecule has 0 unspecified atom stereocenters. The molecule has 2 N–H and O–H groups in total. The van der Waals surface area contributed by atoms with Crippen molar-refractivity contribution in [1.82, 2.24) is 19.5 Å². The molecule has 0 bridgehead atoms. The topological polar surface area (TPSA) is 109 Å². The van der Waals surface area contributed by atoms with Crippen molar-refractivity contribution >= 4 is 23.1 Å². The lowest BCUT2D eigenvalue weighted by molar-refractivity contribution is -0.153. The highest BCUT2D eigenvalue weighted by atomic mass is 19.4. The van der Waals surface area contributed by atoms with Gasteiger partial charge in [0.15, 0.2) is 12.3 Å². The number of ether oxygens (including phenoxy) is 1. The van der Waals surface area contributed by atoms with Gasteiger partial charge in [-0.15, -0.1) is 0 Å². The molecule has 2 aromatic heterocycles. The Morgan fingerprint density at radius 2 is 2.06 bits per heavy atom. The zero-order chi connectivity index (χ0) is 25.5. The summed E-state index contributed by atoms with van der Waals surface area (Å²) in [6.45, 7) is 0.377. The number of nitrogens with one attached hydrogen (secondary N) is 1. The van der Waals surface area contributed by atoms with Gasteiger partial charge in [-0.1, -0.05) is 0 Å². The molecule has 35 heavy (non-hydrogen) atoms. The van der Waals surface area contributed by atoms with Crippen LogP contribution in [0.15, 0.2) is 36.8 Å². The molecule has 0 aliphatic carbocycles. The Hall–Kier alpha value is -3.74. The fraction of sp³-hybridized carbons (Fsp3) is 0.364. The first-order chi connectivity index (χ1) is 16.3. The lowest BCUT2D eigenvalue weighted by Crippen LogP contribution is -2.42. The number of rotatable bonds is 7. The molecule has 0 saturated heterocycles. The molecule has 4 rings (SSSR count). The average Bonchev–Trinajstić information content (AvgIpc) is 3.32. The van der Waals surface area contributed by atoms with Gasteiger partial charge < -0.3 is 20.1 Å². The quantitative estimate of drug-likeness (QED) is 0.488. The van der Waals surface area contributed by atoms with E-state index in [-0.39, 0.29) is 34.8 Å². The van der Waals surface area contributed by atoms with E-state index in [4.69, 9.17) is 4.74 Å². The van der Waals surface area contributed by atoms with Gasteiger partial charge in [-0.2, -0.15) is 18.3 Å². The number of hydrogen-bond acceptors (Lipinski definition) is 6. The van der Waals surface area contributed by atoms with E-state index < -0.39 is 42.9 Å². The van der Waals surface area contributed by atoms with Crippen molar-refractivity contribution in [2.24, 2.45) is 0 Å². The van der Waals surface area contributed by atoms with Gasteiger partial charge in [0.2, 0.25) is 0 Å². The summed E-state index contributed by atoms with van der Waals surface area (Å²) in [5.41, 5.74) is -1.15. The third-order valence-electron chi connectivity index (χ3n) is 5.39. The summed E-state index contributed by atoms with van der Waals surface area (Å²) in [4.78, 5) is 30.9. The normalized spacial score (nSPS) is 14.8. The Kier molecular flexibility index (Phi) is 6.13. The summed E-state index contributed by atoms with van der Waals surface area (Å²) >= 11 is 0. The SMILES string of the molecule is CC(C)(O)[C@H](F)CN1Cc2cc(NC(=O)c3cnn4cccnc34)c(OCC(F)(F)F)cc2C1=O. The zero-order valence-corrected chi connectivity index (χ0v) is 18.6. The summed E-state index contributed by atoms with van der Waals surface area (Å²) in [6.07, 6.45) is -2.16. The van der Waals surface area contributed by atoms with E-state index >= 15 is 0 Å². The maximum Gasteiger partial charge on any atom is 0.422 e. The molecule has 1 atom stereocenters. The third kappa shape index (κ3) is 5.19. The summed E-state index contributed by atoms with van der Waals surface area (Å²) in [5, 5.41) is 16.4. The van der Waals surface area contributed by atoms with Gasteiger partial charge in [0.1, 0.15) is 17.5 Å². The van der Waals surface area contributed by atoms with Crippen molar-refractivity contribution < 1.29 is 37.0 Å². The van der Waals surface area contributed by atoms with E-state index in [9.17, 15) is 32.3 Å². The second kappa shape index (κ2) is 8.80. The van der Waals surface area contributed by atoms with Gasteiger partial charge in [0.05, 0.1) is 24.0 Å². The standard InChI is InChI=1S/C22H21F4N5O4/c1-21(2,34)17(23)10-30-9-12-6-15(16(7-13(12)20(30)33)35-11-22(24,25)26)29-19(32)14-8-28-31-5-3-4-27-18(14)31/h3-8,17,34H,9-11H2,1-2H3,(H,29,32)/t17-/m1/s1. The van der Waals surface area contributed by atoms with Crippen molar-refractivity contribution in [2.45, 2.75) is 38.3 Å². The Labute approximate surface area is 196 Å². The predicted molar refractivity (Wildman–Crippen MR) is 115 cm³/mol. The van der Waals surface area contributed by atoms with E-state index in [1.165, 1.54) is 36.8 Å². The number of aromatic nitrogens is 3. The first-order valence-corrected chi connectivity index (χ1v) is 10.5. The molecule has 1 aliphatic heterocycles. The molecule has 9 nitrogen and oxygen atoms in total. The van der Waals surface area contributed by atoms with Crippen LogP contribution in [0.4, 0.5) is 23.2 Å². The minimum absolute atomic E-state index is 0.0146. The van der Waals surface area contributed by atoms with Crippen LogP contribution < -0.4 is 10.1 Å². The molecule has 0 spiro atoms. The molecule has 1 aromatic carbocycles. The highest BCUT2D eigenvalue weighted by molar-refractivity contribution is 6.09. The molecule has 0 radical (unpaired) electrons. The minimum atomic E-state index is -4.67. The number of carbonyl (C=O) groups is 2. The van der Waals surface area contributed by atoms with E-state index in [2.05, 4.69) is 15.4 Å². The van der Waals surface area contributed by atoms with Gasteiger partial charge >= 0.3 is 6.18 Å². The monoisotopic (exact) mass is 495 g/mol. The largest absolute Gasteiger partial charge is 0.482 e. The minimum Gasteiger partial charge on any atom is -0.482 e. The number of anilines is 1. The molecule has 186 valence electrons. The molecule has 3 aromatic rings. The average molecular weight is 495 g/mol. The number of benzene rings is 1. The van der Waals surface area contributed by atoms with E-state index in [0.29, 0.717) is 5.56 Å². The molecule has 1 aliphatic rings. The first kappa shape index (κ1) is 24.4. The number of amides is 2. The number of aliphatic hydroxyl groups is 1. The summed E-state index contributed by atoms with van der Waals surface area (Å²) in [7, 11) is 0. The van der Waals surface area contributed by atoms with Gasteiger partial charge in [0.25, 0.3) is 11.8 Å². The summed E-state index contributed by atoms with van der Waals surface area (Å²) in [6, 6.07) is 4.01. The highest BCUT2D eigenvalue weighted by Gasteiger charge is 2.36. The molecule has 13 heteroatoms. The van der Waals surface area contributed by atoms with Crippen LogP contribution >= 0.6 is 0 Å². The van der Waals surface area contributed by atoms with Gasteiger partial charge in [0, 0.05) is 24.5 Å². The van der Waals surface area contributed by atoms with Gasteiger partial charge in [-0.3, -0.25) is 9.59 Å². The van der Waals surface area contributed by atoms with Crippen molar-refractivity contribution in [1.29, 1.82) is 0 Å². The fourth-order valence-electron chi connectivity index (χ4n) is 3.52. The number of fused-ring (bicyclic) bond motifs is 2. The molecular weight excluding hydrogens is 474 g/mol. The molecule has 0 fully saturated rings. The van der Waals surface area contributed by atoms with Crippen LogP contribution in [0.1, 0.15) is 40.1 Å². The second-order valence-electron chi connectivity index (χ2n) is 8.62. The number of carbonyl (C=O) groups excluding carboxylic acids is 2. The predicted octanol–water partition coefficient (Wildman–Crippen LogP) is 2.99. The Bertz CT molecular complexity index is 1290. The van der Waals surface area contributed by atoms with Crippen molar-refractivity contribution in [3.63, 3.8) is 0 Å². The molecule has 3 heterocycles. The van der Waals surface area contributed by atoms with Crippen LogP contribution in [0.3, 0.4) is 0 Å². The lowest BCUT2D eigenvalue weighted by Gasteiger charge is -2.26. The fourth-order valence-corrected chi connectivity index (χ4v) is 3.52. The molecule has 2 amide bonds. The third-order valence-corrected chi connectivity index (χ3v) is 5.39. The van der Waals surface area contributed by atoms with E-state index in [1.807, 2.05) is 0 Å². The smallest absolute Gasteiger partial charge is 0.422 e. The number of nitrogens with zero attached hydrogens (tertiary/aromatic N) is 4. The van der Waals surface area contributed by atoms with Crippen LogP contribution in [0.5, 0.6) is 5.75 Å². The van der Waals surface area contributed by atoms with Crippen molar-refractivity contribution in [3.05, 3.63) is 53.5 Å². The highest BCUT2D eigenvalue weighted by Crippen LogP contribution is 2.35. The first-order valence-electron chi connectivity index (χ1n) is 10.5.